The van der Waals surface area contributed by atoms with E-state index in [4.69, 9.17) is 4.42 Å². The van der Waals surface area contributed by atoms with E-state index in [1.54, 1.807) is 24.3 Å². The van der Waals surface area contributed by atoms with E-state index >= 15 is 0 Å². The Bertz CT molecular complexity index is 1770. The summed E-state index contributed by atoms with van der Waals surface area (Å²) in [5, 5.41) is 2.96. The molecule has 1 N–H and O–H groups in total. The molecule has 0 aliphatic carbocycles. The number of aryl methyl sites for hydroxylation is 1. The number of hydrogen-bond acceptors (Lipinski definition) is 7. The van der Waals surface area contributed by atoms with Crippen molar-refractivity contribution in [1.29, 1.82) is 0 Å². The van der Waals surface area contributed by atoms with E-state index in [1.807, 2.05) is 6.92 Å². The molecule has 0 spiro atoms. The predicted octanol–water partition coefficient (Wildman–Crippen LogP) is 4.03. The highest BCUT2D eigenvalue weighted by Crippen LogP contribution is 2.36. The molecule has 0 unspecified atom stereocenters. The lowest BCUT2D eigenvalue weighted by Crippen LogP contribution is -2.35. The van der Waals surface area contributed by atoms with Crippen LogP contribution in [0.2, 0.25) is 0 Å². The topological polar surface area (TPSA) is 130 Å². The zero-order valence-corrected chi connectivity index (χ0v) is 24.7. The monoisotopic (exact) mass is 602 g/mol. The first kappa shape index (κ1) is 30.2. The lowest BCUT2D eigenvalue weighted by molar-refractivity contribution is 0.0964. The molecule has 0 atom stereocenters. The Kier molecular flexibility index (Phi) is 8.80. The van der Waals surface area contributed by atoms with Crippen molar-refractivity contribution in [1.82, 2.24) is 14.6 Å². The van der Waals surface area contributed by atoms with Crippen LogP contribution in [0, 0.1) is 5.82 Å². The number of carbonyl (C=O) groups is 1. The molecule has 10 nitrogen and oxygen atoms in total. The third-order valence-electron chi connectivity index (χ3n) is 6.60. The number of hydrogen-bond donors (Lipinski definition) is 1. The summed E-state index contributed by atoms with van der Waals surface area (Å²) in [6.07, 6.45) is 1.61. The zero-order valence-electron chi connectivity index (χ0n) is 23.1. The van der Waals surface area contributed by atoms with E-state index in [0.29, 0.717) is 22.9 Å². The number of benzene rings is 2. The van der Waals surface area contributed by atoms with Crippen LogP contribution in [0.1, 0.15) is 29.3 Å². The molecule has 4 rings (SSSR count). The zero-order chi connectivity index (χ0) is 29.9. The van der Waals surface area contributed by atoms with Crippen LogP contribution < -0.4 is 9.62 Å². The number of nitrogens with zero attached hydrogens (tertiary/aromatic N) is 3. The van der Waals surface area contributed by atoms with Crippen molar-refractivity contribution in [2.24, 2.45) is 0 Å². The number of sulfonamides is 2. The van der Waals surface area contributed by atoms with Gasteiger partial charge in [-0.2, -0.15) is 4.98 Å². The van der Waals surface area contributed by atoms with Crippen molar-refractivity contribution >= 4 is 42.9 Å². The molecular formula is C28H31FN4O6S2. The van der Waals surface area contributed by atoms with Crippen LogP contribution in [0.4, 0.5) is 10.2 Å². The highest BCUT2D eigenvalue weighted by molar-refractivity contribution is 7.92. The van der Waals surface area contributed by atoms with Gasteiger partial charge in [0.1, 0.15) is 17.4 Å². The number of fused-ring (bicyclic) bond motifs is 1. The first-order valence-electron chi connectivity index (χ1n) is 12.8. The molecule has 0 aliphatic heterocycles. The van der Waals surface area contributed by atoms with Gasteiger partial charge in [0, 0.05) is 32.7 Å². The van der Waals surface area contributed by atoms with Gasteiger partial charge < -0.3 is 9.73 Å². The molecule has 4 aromatic rings. The summed E-state index contributed by atoms with van der Waals surface area (Å²) >= 11 is 0. The number of furan rings is 1. The van der Waals surface area contributed by atoms with Gasteiger partial charge in [0.2, 0.25) is 25.8 Å². The van der Waals surface area contributed by atoms with Crippen LogP contribution in [-0.2, 0) is 26.5 Å². The van der Waals surface area contributed by atoms with Gasteiger partial charge in [-0.05, 0) is 60.9 Å². The summed E-state index contributed by atoms with van der Waals surface area (Å²) in [6, 6.07) is 15.1. The number of aromatic nitrogens is 1. The summed E-state index contributed by atoms with van der Waals surface area (Å²) in [7, 11) is -4.68. The smallest absolute Gasteiger partial charge is 0.255 e. The summed E-state index contributed by atoms with van der Waals surface area (Å²) in [6.45, 7) is 1.84. The van der Waals surface area contributed by atoms with Gasteiger partial charge in [-0.3, -0.25) is 9.10 Å². The Balaban J connectivity index is 1.72. The Morgan fingerprint density at radius 1 is 1.02 bits per heavy atom. The SMILES string of the molecule is CCc1cc2c(C(=O)NC)c(-c3ccc(F)cc3)oc2nc1N(CCCN(C)S(=O)(=O)c1ccccc1)S(C)(=O)=O. The molecule has 218 valence electrons. The van der Waals surface area contributed by atoms with Crippen molar-refractivity contribution in [3.05, 3.63) is 77.6 Å². The van der Waals surface area contributed by atoms with Gasteiger partial charge in [-0.1, -0.05) is 25.1 Å². The standard InChI is InChI=1S/C28H31FN4O6S2/c1-5-19-18-23-24(27(34)30-2)25(20-12-14-21(29)15-13-20)39-28(23)31-26(19)33(40(4,35)36)17-9-16-32(3)41(37,38)22-10-7-6-8-11-22/h6-8,10-15,18H,5,9,16-17H2,1-4H3,(H,30,34). The number of carbonyl (C=O) groups excluding carboxylic acids is 1. The minimum absolute atomic E-state index is 0.0348. The van der Waals surface area contributed by atoms with Crippen molar-refractivity contribution in [3.8, 4) is 11.3 Å². The van der Waals surface area contributed by atoms with Crippen molar-refractivity contribution < 1.29 is 30.4 Å². The van der Waals surface area contributed by atoms with Gasteiger partial charge in [0.15, 0.2) is 0 Å². The molecule has 1 amide bonds. The molecule has 2 heterocycles. The largest absolute Gasteiger partial charge is 0.437 e. The average Bonchev–Trinajstić information content (AvgIpc) is 3.32. The molecule has 0 saturated carbocycles. The first-order valence-corrected chi connectivity index (χ1v) is 16.1. The fourth-order valence-corrected chi connectivity index (χ4v) is 6.61. The quantitative estimate of drug-likeness (QED) is 0.274. The van der Waals surface area contributed by atoms with Gasteiger partial charge in [-0.15, -0.1) is 0 Å². The molecule has 0 radical (unpaired) electrons. The maximum Gasteiger partial charge on any atom is 0.255 e. The maximum atomic E-state index is 13.6. The first-order chi connectivity index (χ1) is 19.4. The lowest BCUT2D eigenvalue weighted by atomic mass is 10.0. The predicted molar refractivity (Wildman–Crippen MR) is 155 cm³/mol. The minimum atomic E-state index is -3.85. The Morgan fingerprint density at radius 3 is 2.27 bits per heavy atom. The second-order valence-corrected chi connectivity index (χ2v) is 13.3. The Morgan fingerprint density at radius 2 is 1.68 bits per heavy atom. The van der Waals surface area contributed by atoms with Crippen LogP contribution in [0.25, 0.3) is 22.4 Å². The number of rotatable bonds is 11. The van der Waals surface area contributed by atoms with E-state index < -0.39 is 31.8 Å². The number of anilines is 1. The number of pyridine rings is 1. The van der Waals surface area contributed by atoms with Crippen LogP contribution >= 0.6 is 0 Å². The molecule has 41 heavy (non-hydrogen) atoms. The van der Waals surface area contributed by atoms with Crippen LogP contribution in [0.5, 0.6) is 0 Å². The summed E-state index contributed by atoms with van der Waals surface area (Å²) in [5.74, 6) is -0.600. The van der Waals surface area contributed by atoms with E-state index in [2.05, 4.69) is 10.3 Å². The molecule has 13 heteroatoms. The average molecular weight is 603 g/mol. The molecule has 2 aromatic heterocycles. The normalized spacial score (nSPS) is 12.1. The summed E-state index contributed by atoms with van der Waals surface area (Å²) in [5.41, 5.74) is 1.23. The molecule has 0 fully saturated rings. The van der Waals surface area contributed by atoms with Gasteiger partial charge in [0.05, 0.1) is 22.1 Å². The second-order valence-electron chi connectivity index (χ2n) is 9.40. The number of amides is 1. The third-order valence-corrected chi connectivity index (χ3v) is 9.63. The number of nitrogens with one attached hydrogen (secondary N) is 1. The van der Waals surface area contributed by atoms with Crippen molar-refractivity contribution in [2.45, 2.75) is 24.7 Å². The number of halogens is 1. The lowest BCUT2D eigenvalue weighted by Gasteiger charge is -2.25. The van der Waals surface area contributed by atoms with Gasteiger partial charge >= 0.3 is 0 Å². The third kappa shape index (κ3) is 6.26. The van der Waals surface area contributed by atoms with Crippen molar-refractivity contribution in [3.63, 3.8) is 0 Å². The van der Waals surface area contributed by atoms with E-state index in [9.17, 15) is 26.0 Å². The van der Waals surface area contributed by atoms with Crippen molar-refractivity contribution in [2.75, 3.05) is 37.7 Å². The van der Waals surface area contributed by atoms with E-state index in [-0.39, 0.29) is 47.3 Å². The van der Waals surface area contributed by atoms with E-state index in [1.165, 1.54) is 54.8 Å². The molecule has 0 saturated heterocycles. The fourth-order valence-electron chi connectivity index (χ4n) is 4.45. The Hall–Kier alpha value is -3.81. The summed E-state index contributed by atoms with van der Waals surface area (Å²) in [4.78, 5) is 17.6. The van der Waals surface area contributed by atoms with Crippen LogP contribution in [0.15, 0.2) is 70.0 Å². The molecular weight excluding hydrogens is 571 g/mol. The highest BCUT2D eigenvalue weighted by Gasteiger charge is 2.28. The van der Waals surface area contributed by atoms with Gasteiger partial charge in [-0.25, -0.2) is 25.5 Å². The van der Waals surface area contributed by atoms with Crippen LogP contribution in [-0.4, -0.2) is 65.5 Å². The Labute approximate surface area is 238 Å². The van der Waals surface area contributed by atoms with Crippen LogP contribution in [0.3, 0.4) is 0 Å². The molecule has 0 aliphatic rings. The minimum Gasteiger partial charge on any atom is -0.437 e. The molecule has 2 aromatic carbocycles. The van der Waals surface area contributed by atoms with Gasteiger partial charge in [0.25, 0.3) is 5.91 Å². The van der Waals surface area contributed by atoms with E-state index in [0.717, 1.165) is 10.6 Å². The molecule has 0 bridgehead atoms. The fraction of sp³-hybridized carbons (Fsp3) is 0.286. The second kappa shape index (κ2) is 12.0. The summed E-state index contributed by atoms with van der Waals surface area (Å²) < 4.78 is 73.5. The maximum absolute atomic E-state index is 13.6. The highest BCUT2D eigenvalue weighted by atomic mass is 32.2.